The molecule has 2 aliphatic rings. The Morgan fingerprint density at radius 3 is 2.45 bits per heavy atom. The highest BCUT2D eigenvalue weighted by molar-refractivity contribution is 7.99. The third-order valence-electron chi connectivity index (χ3n) is 4.19. The minimum Gasteiger partial charge on any atom is -0.370 e. The molecule has 0 radical (unpaired) electrons. The number of rotatable bonds is 6. The Morgan fingerprint density at radius 1 is 0.950 bits per heavy atom. The number of piperidine rings is 1. The van der Waals surface area contributed by atoms with Gasteiger partial charge in [0.25, 0.3) is 0 Å². The van der Waals surface area contributed by atoms with Crippen LogP contribution in [-0.2, 0) is 0 Å². The Morgan fingerprint density at radius 2 is 1.70 bits per heavy atom. The Bertz CT molecular complexity index is 284. The van der Waals surface area contributed by atoms with Gasteiger partial charge in [0.2, 0.25) is 0 Å². The lowest BCUT2D eigenvalue weighted by Gasteiger charge is -2.27. The maximum absolute atomic E-state index is 6.04. The third-order valence-corrected chi connectivity index (χ3v) is 5.13. The quantitative estimate of drug-likeness (QED) is 0.463. The maximum atomic E-state index is 6.04. The molecule has 20 heavy (non-hydrogen) atoms. The lowest BCUT2D eigenvalue weighted by molar-refractivity contribution is 0.224. The summed E-state index contributed by atoms with van der Waals surface area (Å²) in [6, 6.07) is 0. The normalized spacial score (nSPS) is 22.2. The van der Waals surface area contributed by atoms with E-state index in [1.54, 1.807) is 0 Å². The fraction of sp³-hybridized carbons (Fsp3) is 0.933. The second-order valence-electron chi connectivity index (χ2n) is 5.80. The largest absolute Gasteiger partial charge is 0.370 e. The number of unbranched alkanes of at least 4 members (excludes halogenated alkanes) is 2. The van der Waals surface area contributed by atoms with Gasteiger partial charge in [-0.15, -0.1) is 0 Å². The molecule has 0 unspecified atom stereocenters. The van der Waals surface area contributed by atoms with E-state index in [9.17, 15) is 0 Å². The Labute approximate surface area is 128 Å². The second-order valence-corrected chi connectivity index (χ2v) is 7.03. The summed E-state index contributed by atoms with van der Waals surface area (Å²) in [4.78, 5) is 9.37. The van der Waals surface area contributed by atoms with Gasteiger partial charge in [0.05, 0.1) is 0 Å². The smallest absolute Gasteiger partial charge is 0.191 e. The van der Waals surface area contributed by atoms with Gasteiger partial charge in [-0.25, -0.2) is 0 Å². The Kier molecular flexibility index (Phi) is 7.58. The van der Waals surface area contributed by atoms with E-state index in [2.05, 4.69) is 14.8 Å². The molecule has 0 spiro atoms. The van der Waals surface area contributed by atoms with Gasteiger partial charge in [-0.05, 0) is 45.3 Å². The number of nitrogens with two attached hydrogens (primary N) is 1. The van der Waals surface area contributed by atoms with Crippen LogP contribution in [0, 0.1) is 0 Å². The summed E-state index contributed by atoms with van der Waals surface area (Å²) in [6.45, 7) is 6.94. The molecule has 2 rings (SSSR count). The van der Waals surface area contributed by atoms with Gasteiger partial charge >= 0.3 is 0 Å². The van der Waals surface area contributed by atoms with Crippen molar-refractivity contribution in [3.63, 3.8) is 0 Å². The predicted molar refractivity (Wildman–Crippen MR) is 89.5 cm³/mol. The van der Waals surface area contributed by atoms with Crippen molar-refractivity contribution in [3.05, 3.63) is 0 Å². The first-order valence-corrected chi connectivity index (χ1v) is 9.37. The highest BCUT2D eigenvalue weighted by Crippen LogP contribution is 2.10. The topological polar surface area (TPSA) is 44.9 Å². The van der Waals surface area contributed by atoms with Crippen LogP contribution in [-0.4, -0.2) is 66.5 Å². The molecule has 0 aromatic heterocycles. The van der Waals surface area contributed by atoms with Crippen molar-refractivity contribution < 1.29 is 0 Å². The van der Waals surface area contributed by atoms with Crippen LogP contribution in [0.5, 0.6) is 0 Å². The third kappa shape index (κ3) is 5.92. The van der Waals surface area contributed by atoms with E-state index in [0.717, 1.165) is 25.6 Å². The Hall–Kier alpha value is -0.420. The molecule has 0 saturated carbocycles. The number of likely N-dealkylation sites (tertiary alicyclic amines) is 1. The molecule has 0 aliphatic carbocycles. The number of hydrogen-bond acceptors (Lipinski definition) is 3. The number of thioether (sulfide) groups is 1. The van der Waals surface area contributed by atoms with Gasteiger partial charge in [0, 0.05) is 31.1 Å². The summed E-state index contributed by atoms with van der Waals surface area (Å²) in [5.41, 5.74) is 6.04. The summed E-state index contributed by atoms with van der Waals surface area (Å²) >= 11 is 2.01. The molecule has 0 bridgehead atoms. The fourth-order valence-electron chi connectivity index (χ4n) is 2.89. The average Bonchev–Trinajstić information content (AvgIpc) is 2.52. The predicted octanol–water partition coefficient (Wildman–Crippen LogP) is 2.01. The van der Waals surface area contributed by atoms with Crippen LogP contribution in [0.1, 0.15) is 38.5 Å². The standard InChI is InChI=1S/C15H30N4S/c16-15(19-11-13-20-14-12-19)17-7-3-1-4-8-18-9-5-2-6-10-18/h1-14H2,(H2,16,17). The van der Waals surface area contributed by atoms with Gasteiger partial charge < -0.3 is 15.5 Å². The van der Waals surface area contributed by atoms with Crippen LogP contribution < -0.4 is 5.73 Å². The lowest BCUT2D eigenvalue weighted by Crippen LogP contribution is -2.42. The molecule has 4 nitrogen and oxygen atoms in total. The minimum absolute atomic E-state index is 0.765. The van der Waals surface area contributed by atoms with E-state index in [1.807, 2.05) is 11.8 Å². The maximum Gasteiger partial charge on any atom is 0.191 e. The Balaban J connectivity index is 1.49. The number of guanidine groups is 1. The minimum atomic E-state index is 0.765. The molecule has 5 heteroatoms. The lowest BCUT2D eigenvalue weighted by atomic mass is 10.1. The number of aliphatic imine (C=N–C) groups is 1. The van der Waals surface area contributed by atoms with Gasteiger partial charge in [-0.3, -0.25) is 4.99 Å². The summed E-state index contributed by atoms with van der Waals surface area (Å²) in [7, 11) is 0. The van der Waals surface area contributed by atoms with Crippen molar-refractivity contribution in [2.45, 2.75) is 38.5 Å². The molecule has 0 aromatic carbocycles. The first kappa shape index (κ1) is 16.0. The molecule has 116 valence electrons. The number of nitrogens with zero attached hydrogens (tertiary/aromatic N) is 3. The fourth-order valence-corrected chi connectivity index (χ4v) is 3.80. The molecule has 2 fully saturated rings. The van der Waals surface area contributed by atoms with Crippen molar-refractivity contribution >= 4 is 17.7 Å². The SMILES string of the molecule is NC(=NCCCCCN1CCCCC1)N1CCSCC1. The van der Waals surface area contributed by atoms with Crippen molar-refractivity contribution in [2.24, 2.45) is 10.7 Å². The van der Waals surface area contributed by atoms with Gasteiger partial charge in [0.15, 0.2) is 5.96 Å². The van der Waals surface area contributed by atoms with E-state index in [0.29, 0.717) is 0 Å². The molecule has 2 N–H and O–H groups in total. The zero-order valence-electron chi connectivity index (χ0n) is 12.7. The van der Waals surface area contributed by atoms with Crippen LogP contribution in [0.25, 0.3) is 0 Å². The van der Waals surface area contributed by atoms with E-state index in [4.69, 9.17) is 5.73 Å². The zero-order chi connectivity index (χ0) is 14.0. The highest BCUT2D eigenvalue weighted by Gasteiger charge is 2.11. The van der Waals surface area contributed by atoms with E-state index in [1.165, 1.54) is 69.7 Å². The van der Waals surface area contributed by atoms with E-state index < -0.39 is 0 Å². The van der Waals surface area contributed by atoms with E-state index >= 15 is 0 Å². The first-order chi connectivity index (χ1) is 9.86. The van der Waals surface area contributed by atoms with Crippen LogP contribution in [0.15, 0.2) is 4.99 Å². The molecule has 0 amide bonds. The van der Waals surface area contributed by atoms with Gasteiger partial charge in [-0.1, -0.05) is 12.8 Å². The van der Waals surface area contributed by atoms with Gasteiger partial charge in [0.1, 0.15) is 0 Å². The summed E-state index contributed by atoms with van der Waals surface area (Å²) in [5, 5.41) is 0. The van der Waals surface area contributed by atoms with Crippen molar-refractivity contribution in [2.75, 3.05) is 50.8 Å². The molecule has 0 atom stereocenters. The molecule has 2 heterocycles. The monoisotopic (exact) mass is 298 g/mol. The van der Waals surface area contributed by atoms with Crippen LogP contribution in [0.2, 0.25) is 0 Å². The highest BCUT2D eigenvalue weighted by atomic mass is 32.2. The molecular weight excluding hydrogens is 268 g/mol. The first-order valence-electron chi connectivity index (χ1n) is 8.21. The van der Waals surface area contributed by atoms with Crippen molar-refractivity contribution in [1.29, 1.82) is 0 Å². The average molecular weight is 298 g/mol. The van der Waals surface area contributed by atoms with Crippen LogP contribution >= 0.6 is 11.8 Å². The van der Waals surface area contributed by atoms with Gasteiger partial charge in [-0.2, -0.15) is 11.8 Å². The summed E-state index contributed by atoms with van der Waals surface area (Å²) in [6.07, 6.45) is 8.00. The van der Waals surface area contributed by atoms with Crippen LogP contribution in [0.3, 0.4) is 0 Å². The summed E-state index contributed by atoms with van der Waals surface area (Å²) in [5.74, 6) is 3.14. The van der Waals surface area contributed by atoms with Crippen molar-refractivity contribution in [1.82, 2.24) is 9.80 Å². The van der Waals surface area contributed by atoms with Crippen molar-refractivity contribution in [3.8, 4) is 0 Å². The molecule has 2 aliphatic heterocycles. The molecule has 0 aromatic rings. The summed E-state index contributed by atoms with van der Waals surface area (Å²) < 4.78 is 0. The molecule has 2 saturated heterocycles. The van der Waals surface area contributed by atoms with Crippen LogP contribution in [0.4, 0.5) is 0 Å². The zero-order valence-corrected chi connectivity index (χ0v) is 13.5. The van der Waals surface area contributed by atoms with E-state index in [-0.39, 0.29) is 0 Å². The second kappa shape index (κ2) is 9.50. The molecular formula is C15H30N4S. The number of hydrogen-bond donors (Lipinski definition) is 1.